The molecular formula is C21H20O8. The molecule has 0 radical (unpaired) electrons. The summed E-state index contributed by atoms with van der Waals surface area (Å²) in [6, 6.07) is 16.7. The van der Waals surface area contributed by atoms with Gasteiger partial charge < -0.3 is 18.9 Å². The number of benzene rings is 2. The Morgan fingerprint density at radius 2 is 1.14 bits per heavy atom. The van der Waals surface area contributed by atoms with E-state index < -0.39 is 31.6 Å². The topological polar surface area (TPSA) is 105 Å². The molecule has 0 spiro atoms. The molecule has 8 nitrogen and oxygen atoms in total. The molecule has 8 heteroatoms. The summed E-state index contributed by atoms with van der Waals surface area (Å²) < 4.78 is 19.1. The SMILES string of the molecule is CC(COC(=O)OCC(=O)c1ccccc1)OC(=O)OCC(=O)c1ccccc1. The van der Waals surface area contributed by atoms with E-state index in [1.165, 1.54) is 6.92 Å². The van der Waals surface area contributed by atoms with Gasteiger partial charge in [0.05, 0.1) is 0 Å². The maximum absolute atomic E-state index is 11.8. The van der Waals surface area contributed by atoms with Crippen molar-refractivity contribution in [3.63, 3.8) is 0 Å². The van der Waals surface area contributed by atoms with Crippen molar-refractivity contribution in [2.75, 3.05) is 19.8 Å². The number of ether oxygens (including phenoxy) is 4. The van der Waals surface area contributed by atoms with Crippen molar-refractivity contribution in [2.45, 2.75) is 13.0 Å². The number of Topliss-reactive ketones (excluding diaryl/α,β-unsaturated/α-hetero) is 2. The van der Waals surface area contributed by atoms with Crippen LogP contribution in [0.2, 0.25) is 0 Å². The van der Waals surface area contributed by atoms with E-state index in [4.69, 9.17) is 18.9 Å². The van der Waals surface area contributed by atoms with Crippen molar-refractivity contribution in [3.05, 3.63) is 71.8 Å². The van der Waals surface area contributed by atoms with Crippen molar-refractivity contribution in [2.24, 2.45) is 0 Å². The molecular weight excluding hydrogens is 380 g/mol. The van der Waals surface area contributed by atoms with E-state index in [0.29, 0.717) is 11.1 Å². The molecule has 0 amide bonds. The molecule has 0 N–H and O–H groups in total. The molecule has 0 fully saturated rings. The third kappa shape index (κ3) is 7.84. The number of ketones is 2. The van der Waals surface area contributed by atoms with Gasteiger partial charge in [0, 0.05) is 11.1 Å². The zero-order valence-electron chi connectivity index (χ0n) is 15.7. The molecule has 0 aromatic heterocycles. The Labute approximate surface area is 167 Å². The smallest absolute Gasteiger partial charge is 0.430 e. The molecule has 1 unspecified atom stereocenters. The Bertz CT molecular complexity index is 832. The Hall–Kier alpha value is -3.68. The minimum atomic E-state index is -1.07. The second-order valence-corrected chi connectivity index (χ2v) is 5.90. The van der Waals surface area contributed by atoms with Crippen LogP contribution in [0, 0.1) is 0 Å². The van der Waals surface area contributed by atoms with Crippen LogP contribution >= 0.6 is 0 Å². The van der Waals surface area contributed by atoms with Crippen molar-refractivity contribution < 1.29 is 38.1 Å². The molecule has 0 aliphatic carbocycles. The molecule has 0 aliphatic rings. The summed E-state index contributed by atoms with van der Waals surface area (Å²) >= 11 is 0. The van der Waals surface area contributed by atoms with Gasteiger partial charge in [-0.15, -0.1) is 0 Å². The van der Waals surface area contributed by atoms with E-state index in [-0.39, 0.29) is 18.2 Å². The zero-order chi connectivity index (χ0) is 21.1. The average Bonchev–Trinajstić information content (AvgIpc) is 2.75. The predicted octanol–water partition coefficient (Wildman–Crippen LogP) is 3.45. The fourth-order valence-corrected chi connectivity index (χ4v) is 2.12. The van der Waals surface area contributed by atoms with Gasteiger partial charge in [-0.3, -0.25) is 9.59 Å². The van der Waals surface area contributed by atoms with Gasteiger partial charge in [-0.05, 0) is 6.92 Å². The zero-order valence-corrected chi connectivity index (χ0v) is 15.7. The number of carbonyl (C=O) groups excluding carboxylic acids is 4. The molecule has 2 aromatic carbocycles. The van der Waals surface area contributed by atoms with Gasteiger partial charge in [-0.1, -0.05) is 60.7 Å². The number of hydrogen-bond acceptors (Lipinski definition) is 8. The Morgan fingerprint density at radius 3 is 1.62 bits per heavy atom. The molecule has 1 atom stereocenters. The number of rotatable bonds is 9. The quantitative estimate of drug-likeness (QED) is 0.466. The van der Waals surface area contributed by atoms with Crippen molar-refractivity contribution in [3.8, 4) is 0 Å². The first-order valence-corrected chi connectivity index (χ1v) is 8.75. The first-order valence-electron chi connectivity index (χ1n) is 8.75. The fraction of sp³-hybridized carbons (Fsp3) is 0.238. The van der Waals surface area contributed by atoms with Gasteiger partial charge in [0.1, 0.15) is 12.7 Å². The molecule has 0 saturated carbocycles. The first kappa shape index (κ1) is 21.6. The normalized spacial score (nSPS) is 11.1. The van der Waals surface area contributed by atoms with Crippen LogP contribution in [0.3, 0.4) is 0 Å². The lowest BCUT2D eigenvalue weighted by Crippen LogP contribution is -2.25. The van der Waals surface area contributed by atoms with E-state index in [1.54, 1.807) is 60.7 Å². The lowest BCUT2D eigenvalue weighted by Gasteiger charge is -2.13. The van der Waals surface area contributed by atoms with E-state index in [9.17, 15) is 19.2 Å². The van der Waals surface area contributed by atoms with Crippen LogP contribution in [0.15, 0.2) is 60.7 Å². The van der Waals surface area contributed by atoms with Crippen molar-refractivity contribution >= 4 is 23.9 Å². The van der Waals surface area contributed by atoms with Crippen LogP contribution in [-0.2, 0) is 18.9 Å². The van der Waals surface area contributed by atoms with E-state index in [0.717, 1.165) is 0 Å². The van der Waals surface area contributed by atoms with Gasteiger partial charge in [-0.2, -0.15) is 0 Å². The third-order valence-corrected chi connectivity index (χ3v) is 3.57. The summed E-state index contributed by atoms with van der Waals surface area (Å²) in [5, 5.41) is 0. The van der Waals surface area contributed by atoms with Crippen LogP contribution in [0.4, 0.5) is 9.59 Å². The van der Waals surface area contributed by atoms with Crippen LogP contribution in [0.1, 0.15) is 27.6 Å². The summed E-state index contributed by atoms with van der Waals surface area (Å²) in [6.07, 6.45) is -2.98. The van der Waals surface area contributed by atoms with E-state index in [2.05, 4.69) is 0 Å². The molecule has 0 aliphatic heterocycles. The van der Waals surface area contributed by atoms with Gasteiger partial charge in [-0.25, -0.2) is 9.59 Å². The molecule has 152 valence electrons. The van der Waals surface area contributed by atoms with Crippen LogP contribution in [-0.4, -0.2) is 49.8 Å². The minimum Gasteiger partial charge on any atom is -0.430 e. The third-order valence-electron chi connectivity index (χ3n) is 3.57. The van der Waals surface area contributed by atoms with E-state index in [1.807, 2.05) is 0 Å². The summed E-state index contributed by atoms with van der Waals surface area (Å²) in [6.45, 7) is 0.213. The molecule has 2 aromatic rings. The van der Waals surface area contributed by atoms with Crippen LogP contribution in [0.25, 0.3) is 0 Å². The Kier molecular flexibility index (Phi) is 8.37. The van der Waals surface area contributed by atoms with Gasteiger partial charge in [0.2, 0.25) is 0 Å². The summed E-state index contributed by atoms with van der Waals surface area (Å²) in [7, 11) is 0. The second kappa shape index (κ2) is 11.2. The molecule has 2 rings (SSSR count). The highest BCUT2D eigenvalue weighted by Crippen LogP contribution is 2.03. The largest absolute Gasteiger partial charge is 0.509 e. The lowest BCUT2D eigenvalue weighted by molar-refractivity contribution is -0.00841. The maximum Gasteiger partial charge on any atom is 0.509 e. The van der Waals surface area contributed by atoms with Crippen LogP contribution in [0.5, 0.6) is 0 Å². The second-order valence-electron chi connectivity index (χ2n) is 5.90. The van der Waals surface area contributed by atoms with Crippen LogP contribution < -0.4 is 0 Å². The fourth-order valence-electron chi connectivity index (χ4n) is 2.12. The van der Waals surface area contributed by atoms with Crippen molar-refractivity contribution in [1.29, 1.82) is 0 Å². The van der Waals surface area contributed by atoms with Gasteiger partial charge >= 0.3 is 12.3 Å². The minimum absolute atomic E-state index is 0.305. The standard InChI is InChI=1S/C21H20O8/c1-15(29-21(25)28-14-19(23)17-10-6-3-7-11-17)12-26-20(24)27-13-18(22)16-8-4-2-5-9-16/h2-11,15H,12-14H2,1H3. The highest BCUT2D eigenvalue weighted by Gasteiger charge is 2.16. The maximum atomic E-state index is 11.8. The van der Waals surface area contributed by atoms with Crippen molar-refractivity contribution in [1.82, 2.24) is 0 Å². The first-order chi connectivity index (χ1) is 14.0. The Morgan fingerprint density at radius 1 is 0.690 bits per heavy atom. The van der Waals surface area contributed by atoms with Gasteiger partial charge in [0.25, 0.3) is 0 Å². The highest BCUT2D eigenvalue weighted by atomic mass is 16.8. The molecule has 29 heavy (non-hydrogen) atoms. The number of carbonyl (C=O) groups is 4. The average molecular weight is 400 g/mol. The predicted molar refractivity (Wildman–Crippen MR) is 101 cm³/mol. The lowest BCUT2D eigenvalue weighted by atomic mass is 10.1. The monoisotopic (exact) mass is 400 g/mol. The summed E-state index contributed by atoms with van der Waals surface area (Å²) in [4.78, 5) is 46.8. The summed E-state index contributed by atoms with van der Waals surface area (Å²) in [5.41, 5.74) is 0.814. The highest BCUT2D eigenvalue weighted by molar-refractivity contribution is 5.98. The molecule has 0 bridgehead atoms. The molecule has 0 saturated heterocycles. The Balaban J connectivity index is 1.62. The number of hydrogen-bond donors (Lipinski definition) is 0. The molecule has 0 heterocycles. The van der Waals surface area contributed by atoms with Gasteiger partial charge in [0.15, 0.2) is 24.8 Å². The summed E-state index contributed by atoms with van der Waals surface area (Å²) in [5.74, 6) is -0.753. The van der Waals surface area contributed by atoms with E-state index >= 15 is 0 Å².